The maximum absolute atomic E-state index is 11.3. The molecule has 0 aromatic heterocycles. The number of rotatable bonds is 5. The predicted octanol–water partition coefficient (Wildman–Crippen LogP) is 4.39. The second-order valence-corrected chi connectivity index (χ2v) is 7.33. The first-order chi connectivity index (χ1) is 12.4. The van der Waals surface area contributed by atoms with Crippen LogP contribution in [0.2, 0.25) is 15.1 Å². The number of halogens is 3. The maximum atomic E-state index is 11.3. The average Bonchev–Trinajstić information content (AvgIpc) is 3.36. The summed E-state index contributed by atoms with van der Waals surface area (Å²) in [6.45, 7) is 0.701. The minimum atomic E-state index is -0.983. The topological polar surface area (TPSA) is 69.6 Å². The number of hydrogen-bond donors (Lipinski definition) is 3. The molecule has 1 fully saturated rings. The van der Waals surface area contributed by atoms with Crippen LogP contribution in [0.15, 0.2) is 42.5 Å². The molecule has 1 saturated carbocycles. The Balaban J connectivity index is 0.000000209. The van der Waals surface area contributed by atoms with Crippen LogP contribution >= 0.6 is 34.8 Å². The quantitative estimate of drug-likeness (QED) is 0.676. The highest BCUT2D eigenvalue weighted by molar-refractivity contribution is 6.42. The van der Waals surface area contributed by atoms with Crippen molar-refractivity contribution in [3.05, 3.63) is 68.7 Å². The molecule has 2 aromatic rings. The van der Waals surface area contributed by atoms with Crippen LogP contribution in [0.4, 0.5) is 0 Å². The van der Waals surface area contributed by atoms with Crippen LogP contribution in [0.25, 0.3) is 0 Å². The van der Waals surface area contributed by atoms with E-state index in [1.165, 1.54) is 0 Å². The zero-order valence-corrected chi connectivity index (χ0v) is 16.4. The van der Waals surface area contributed by atoms with Crippen molar-refractivity contribution >= 4 is 40.8 Å². The lowest BCUT2D eigenvalue weighted by atomic mass is 9.93. The van der Waals surface area contributed by atoms with Crippen LogP contribution in [0, 0.1) is 5.92 Å². The fraction of sp³-hybridized carbons (Fsp3) is 0.316. The van der Waals surface area contributed by atoms with Gasteiger partial charge in [-0.15, -0.1) is 0 Å². The van der Waals surface area contributed by atoms with Crippen molar-refractivity contribution in [2.45, 2.75) is 18.4 Å². The van der Waals surface area contributed by atoms with E-state index in [0.29, 0.717) is 22.0 Å². The van der Waals surface area contributed by atoms with Crippen molar-refractivity contribution in [3.8, 4) is 0 Å². The van der Waals surface area contributed by atoms with Crippen LogP contribution in [0.5, 0.6) is 0 Å². The van der Waals surface area contributed by atoms with Crippen molar-refractivity contribution in [1.82, 2.24) is 5.32 Å². The molecule has 1 aliphatic rings. The van der Waals surface area contributed by atoms with Gasteiger partial charge < -0.3 is 15.5 Å². The summed E-state index contributed by atoms with van der Waals surface area (Å²) in [5.74, 6) is -1.16. The number of aliphatic hydroxyl groups excluding tert-OH is 1. The molecule has 0 bridgehead atoms. The van der Waals surface area contributed by atoms with Crippen molar-refractivity contribution in [3.63, 3.8) is 0 Å². The minimum absolute atomic E-state index is 0.132. The Morgan fingerprint density at radius 3 is 2.35 bits per heavy atom. The van der Waals surface area contributed by atoms with E-state index >= 15 is 0 Å². The van der Waals surface area contributed by atoms with Crippen molar-refractivity contribution in [2.24, 2.45) is 5.92 Å². The first-order valence-corrected chi connectivity index (χ1v) is 9.18. The van der Waals surface area contributed by atoms with Crippen LogP contribution in [0.1, 0.15) is 17.5 Å². The Hall–Kier alpha value is -1.30. The van der Waals surface area contributed by atoms with Gasteiger partial charge >= 0.3 is 5.97 Å². The normalized spacial score (nSPS) is 20.9. The van der Waals surface area contributed by atoms with Crippen LogP contribution in [-0.2, 0) is 16.8 Å². The average molecular weight is 417 g/mol. The number of hydrogen-bond acceptors (Lipinski definition) is 3. The van der Waals surface area contributed by atoms with Gasteiger partial charge in [0, 0.05) is 24.1 Å². The van der Waals surface area contributed by atoms with Gasteiger partial charge in [0.1, 0.15) is 0 Å². The predicted molar refractivity (Wildman–Crippen MR) is 105 cm³/mol. The van der Waals surface area contributed by atoms with Gasteiger partial charge in [-0.25, -0.2) is 0 Å². The summed E-state index contributed by atoms with van der Waals surface area (Å²) in [6, 6.07) is 12.6. The highest BCUT2D eigenvalue weighted by Crippen LogP contribution is 2.54. The summed E-state index contributed by atoms with van der Waals surface area (Å²) in [4.78, 5) is 11.3. The Labute approximate surface area is 167 Å². The van der Waals surface area contributed by atoms with Crippen LogP contribution in [0.3, 0.4) is 0 Å². The van der Waals surface area contributed by atoms with E-state index < -0.39 is 11.4 Å². The summed E-state index contributed by atoms with van der Waals surface area (Å²) >= 11 is 17.5. The van der Waals surface area contributed by atoms with Crippen LogP contribution in [-0.4, -0.2) is 29.8 Å². The smallest absolute Gasteiger partial charge is 0.314 e. The molecule has 0 aliphatic heterocycles. The lowest BCUT2D eigenvalue weighted by Gasteiger charge is -2.13. The van der Waals surface area contributed by atoms with Gasteiger partial charge in [0.2, 0.25) is 0 Å². The fourth-order valence-electron chi connectivity index (χ4n) is 2.89. The summed E-state index contributed by atoms with van der Waals surface area (Å²) in [6.07, 6.45) is 0.441. The summed E-state index contributed by atoms with van der Waals surface area (Å²) in [5.41, 5.74) is 0.767. The molecule has 2 aromatic carbocycles. The Morgan fingerprint density at radius 1 is 1.15 bits per heavy atom. The Morgan fingerprint density at radius 2 is 1.85 bits per heavy atom. The number of aliphatic hydroxyl groups is 1. The van der Waals surface area contributed by atoms with Gasteiger partial charge in [0.25, 0.3) is 0 Å². The molecule has 0 amide bonds. The molecular formula is C19H20Cl3NO3. The first kappa shape index (κ1) is 21.0. The lowest BCUT2D eigenvalue weighted by molar-refractivity contribution is -0.140. The van der Waals surface area contributed by atoms with Gasteiger partial charge in [-0.05, 0) is 42.8 Å². The van der Waals surface area contributed by atoms with E-state index in [0.717, 1.165) is 17.1 Å². The number of carbonyl (C=O) groups is 1. The molecule has 0 unspecified atom stereocenters. The molecule has 0 radical (unpaired) electrons. The minimum Gasteiger partial charge on any atom is -0.481 e. The number of aliphatic carboxylic acids is 1. The van der Waals surface area contributed by atoms with E-state index in [1.807, 2.05) is 31.3 Å². The molecule has 4 nitrogen and oxygen atoms in total. The number of benzene rings is 2. The second kappa shape index (κ2) is 9.07. The first-order valence-electron chi connectivity index (χ1n) is 8.04. The molecule has 3 rings (SSSR count). The molecule has 140 valence electrons. The van der Waals surface area contributed by atoms with E-state index in [1.54, 1.807) is 18.2 Å². The molecule has 0 saturated heterocycles. The second-order valence-electron chi connectivity index (χ2n) is 6.11. The van der Waals surface area contributed by atoms with Gasteiger partial charge in [0.15, 0.2) is 0 Å². The van der Waals surface area contributed by atoms with Gasteiger partial charge in [-0.1, -0.05) is 59.1 Å². The van der Waals surface area contributed by atoms with Crippen molar-refractivity contribution < 1.29 is 15.0 Å². The van der Waals surface area contributed by atoms with E-state index in [2.05, 4.69) is 5.32 Å². The highest BCUT2D eigenvalue weighted by atomic mass is 35.5. The van der Waals surface area contributed by atoms with Crippen molar-refractivity contribution in [1.29, 1.82) is 0 Å². The Bertz CT molecular complexity index is 784. The molecule has 0 heterocycles. The third-order valence-corrected chi connectivity index (χ3v) is 5.57. The molecule has 3 N–H and O–H groups in total. The number of carboxylic acids is 1. The number of carboxylic acid groups (broad SMARTS) is 1. The van der Waals surface area contributed by atoms with Crippen molar-refractivity contribution in [2.75, 3.05) is 13.7 Å². The zero-order chi connectivity index (χ0) is 19.3. The largest absolute Gasteiger partial charge is 0.481 e. The zero-order valence-electron chi connectivity index (χ0n) is 14.2. The third kappa shape index (κ3) is 4.51. The standard InChI is InChI=1S/C11H10Cl2O3.C8H10ClN/c12-8-2-1-6(3-9(8)13)11(10(15)16)4-7(11)5-14;1-10-6-7-4-2-3-5-8(7)9/h1-3,7,14H,4-5H2,(H,15,16);2-5,10H,6H2,1H3/t7-,11+;/m0./s1. The lowest BCUT2D eigenvalue weighted by Crippen LogP contribution is -2.23. The maximum Gasteiger partial charge on any atom is 0.314 e. The Kier molecular flexibility index (Phi) is 7.33. The molecule has 2 atom stereocenters. The molecular weight excluding hydrogens is 397 g/mol. The summed E-state index contributed by atoms with van der Waals surface area (Å²) in [5, 5.41) is 22.9. The number of nitrogens with one attached hydrogen (secondary N) is 1. The highest BCUT2D eigenvalue weighted by Gasteiger charge is 2.61. The van der Waals surface area contributed by atoms with Crippen LogP contribution < -0.4 is 5.32 Å². The molecule has 7 heteroatoms. The summed E-state index contributed by atoms with van der Waals surface area (Å²) in [7, 11) is 1.91. The molecule has 0 spiro atoms. The molecule has 1 aliphatic carbocycles. The van der Waals surface area contributed by atoms with E-state index in [-0.39, 0.29) is 12.5 Å². The third-order valence-electron chi connectivity index (χ3n) is 4.47. The SMILES string of the molecule is CNCc1ccccc1Cl.O=C(O)[C@@]1(c2ccc(Cl)c(Cl)c2)C[C@H]1CO. The fourth-order valence-corrected chi connectivity index (χ4v) is 3.40. The van der Waals surface area contributed by atoms with E-state index in [4.69, 9.17) is 39.9 Å². The van der Waals surface area contributed by atoms with Gasteiger partial charge in [-0.3, -0.25) is 4.79 Å². The molecule has 26 heavy (non-hydrogen) atoms. The van der Waals surface area contributed by atoms with Gasteiger partial charge in [0.05, 0.1) is 15.5 Å². The van der Waals surface area contributed by atoms with E-state index in [9.17, 15) is 9.90 Å². The van der Waals surface area contributed by atoms with Gasteiger partial charge in [-0.2, -0.15) is 0 Å². The summed E-state index contributed by atoms with van der Waals surface area (Å²) < 4.78 is 0. The monoisotopic (exact) mass is 415 g/mol.